The van der Waals surface area contributed by atoms with E-state index in [4.69, 9.17) is 0 Å². The standard InChI is InChI=1S/C26H30N2O2/c1-19(2)27-26(30)20(3)28(18-21-10-5-4-6-11-21)25(29)17-16-23-14-9-13-22-12-7-8-15-24(22)23/h4-15,19-20H,16-18H2,1-3H3,(H,27,30)/t20-/m1/s1. The zero-order valence-electron chi connectivity index (χ0n) is 18.0. The zero-order chi connectivity index (χ0) is 21.5. The first-order chi connectivity index (χ1) is 14.5. The molecule has 1 atom stereocenters. The summed E-state index contributed by atoms with van der Waals surface area (Å²) < 4.78 is 0. The molecule has 30 heavy (non-hydrogen) atoms. The Morgan fingerprint density at radius 2 is 1.53 bits per heavy atom. The lowest BCUT2D eigenvalue weighted by atomic mass is 10.0. The van der Waals surface area contributed by atoms with Gasteiger partial charge < -0.3 is 10.2 Å². The van der Waals surface area contributed by atoms with Gasteiger partial charge in [-0.1, -0.05) is 72.8 Å². The van der Waals surface area contributed by atoms with Gasteiger partial charge in [0.1, 0.15) is 6.04 Å². The molecule has 0 radical (unpaired) electrons. The largest absolute Gasteiger partial charge is 0.352 e. The summed E-state index contributed by atoms with van der Waals surface area (Å²) in [6.07, 6.45) is 1.00. The fourth-order valence-corrected chi connectivity index (χ4v) is 3.66. The van der Waals surface area contributed by atoms with Crippen LogP contribution in [0, 0.1) is 0 Å². The molecule has 0 heterocycles. The Morgan fingerprint density at radius 1 is 0.867 bits per heavy atom. The van der Waals surface area contributed by atoms with Crippen LogP contribution in [0.25, 0.3) is 10.8 Å². The van der Waals surface area contributed by atoms with Gasteiger partial charge in [0.2, 0.25) is 11.8 Å². The molecule has 3 aromatic rings. The molecular weight excluding hydrogens is 372 g/mol. The highest BCUT2D eigenvalue weighted by Crippen LogP contribution is 2.21. The molecule has 2 amide bonds. The van der Waals surface area contributed by atoms with Crippen molar-refractivity contribution in [3.8, 4) is 0 Å². The highest BCUT2D eigenvalue weighted by molar-refractivity contribution is 5.89. The average molecular weight is 403 g/mol. The van der Waals surface area contributed by atoms with Crippen LogP contribution in [-0.2, 0) is 22.6 Å². The van der Waals surface area contributed by atoms with Crippen molar-refractivity contribution in [1.29, 1.82) is 0 Å². The predicted molar refractivity (Wildman–Crippen MR) is 122 cm³/mol. The summed E-state index contributed by atoms with van der Waals surface area (Å²) in [5, 5.41) is 5.28. The van der Waals surface area contributed by atoms with Gasteiger partial charge in [0.25, 0.3) is 0 Å². The molecule has 156 valence electrons. The molecule has 4 heteroatoms. The molecule has 0 spiro atoms. The van der Waals surface area contributed by atoms with E-state index in [-0.39, 0.29) is 17.9 Å². The van der Waals surface area contributed by atoms with Crippen LogP contribution >= 0.6 is 0 Å². The number of rotatable bonds is 8. The van der Waals surface area contributed by atoms with E-state index in [1.54, 1.807) is 11.8 Å². The molecule has 0 fully saturated rings. The van der Waals surface area contributed by atoms with Crippen LogP contribution in [0.2, 0.25) is 0 Å². The number of carbonyl (C=O) groups excluding carboxylic acids is 2. The Kier molecular flexibility index (Phi) is 7.23. The Hall–Kier alpha value is -3.14. The van der Waals surface area contributed by atoms with Crippen LogP contribution < -0.4 is 5.32 Å². The summed E-state index contributed by atoms with van der Waals surface area (Å²) in [6.45, 7) is 6.07. The Labute approximate surface area is 178 Å². The summed E-state index contributed by atoms with van der Waals surface area (Å²) in [6, 6.07) is 23.7. The van der Waals surface area contributed by atoms with E-state index in [0.29, 0.717) is 19.4 Å². The third-order valence-electron chi connectivity index (χ3n) is 5.28. The number of nitrogens with zero attached hydrogens (tertiary/aromatic N) is 1. The normalized spacial score (nSPS) is 12.0. The molecule has 3 rings (SSSR count). The van der Waals surface area contributed by atoms with Crippen molar-refractivity contribution in [1.82, 2.24) is 10.2 Å². The van der Waals surface area contributed by atoms with Crippen LogP contribution in [0.4, 0.5) is 0 Å². The Bertz CT molecular complexity index is 993. The zero-order valence-corrected chi connectivity index (χ0v) is 18.0. The van der Waals surface area contributed by atoms with Gasteiger partial charge in [-0.3, -0.25) is 9.59 Å². The summed E-state index contributed by atoms with van der Waals surface area (Å²) in [7, 11) is 0. The highest BCUT2D eigenvalue weighted by atomic mass is 16.2. The summed E-state index contributed by atoms with van der Waals surface area (Å²) in [4.78, 5) is 27.6. The first kappa shape index (κ1) is 21.6. The van der Waals surface area contributed by atoms with E-state index >= 15 is 0 Å². The summed E-state index contributed by atoms with van der Waals surface area (Å²) in [5.74, 6) is -0.141. The molecule has 1 N–H and O–H groups in total. The van der Waals surface area contributed by atoms with Crippen LogP contribution in [0.15, 0.2) is 72.8 Å². The van der Waals surface area contributed by atoms with Crippen LogP contribution in [0.1, 0.15) is 38.3 Å². The molecule has 0 aliphatic carbocycles. The van der Waals surface area contributed by atoms with Crippen molar-refractivity contribution in [2.45, 2.75) is 52.2 Å². The van der Waals surface area contributed by atoms with Crippen LogP contribution in [-0.4, -0.2) is 28.8 Å². The number of hydrogen-bond donors (Lipinski definition) is 1. The van der Waals surface area contributed by atoms with Crippen molar-refractivity contribution in [3.63, 3.8) is 0 Å². The fraction of sp³-hybridized carbons (Fsp3) is 0.308. The molecule has 0 bridgehead atoms. The molecule has 4 nitrogen and oxygen atoms in total. The number of amides is 2. The van der Waals surface area contributed by atoms with Gasteiger partial charge in [-0.05, 0) is 49.1 Å². The minimum absolute atomic E-state index is 0.0156. The first-order valence-electron chi connectivity index (χ1n) is 10.6. The smallest absolute Gasteiger partial charge is 0.242 e. The highest BCUT2D eigenvalue weighted by Gasteiger charge is 2.26. The Balaban J connectivity index is 1.77. The SMILES string of the molecule is CC(C)NC(=O)[C@@H](C)N(Cc1ccccc1)C(=O)CCc1cccc2ccccc12. The first-order valence-corrected chi connectivity index (χ1v) is 10.6. The number of hydrogen-bond acceptors (Lipinski definition) is 2. The van der Waals surface area contributed by atoms with Crippen LogP contribution in [0.3, 0.4) is 0 Å². The second-order valence-corrected chi connectivity index (χ2v) is 7.98. The third kappa shape index (κ3) is 5.47. The van der Waals surface area contributed by atoms with E-state index in [1.807, 2.05) is 62.4 Å². The Morgan fingerprint density at radius 3 is 2.27 bits per heavy atom. The topological polar surface area (TPSA) is 49.4 Å². The monoisotopic (exact) mass is 402 g/mol. The minimum Gasteiger partial charge on any atom is -0.352 e. The number of nitrogens with one attached hydrogen (secondary N) is 1. The van der Waals surface area contributed by atoms with Gasteiger partial charge in [0.15, 0.2) is 0 Å². The quantitative estimate of drug-likeness (QED) is 0.593. The van der Waals surface area contributed by atoms with E-state index in [0.717, 1.165) is 11.1 Å². The molecule has 0 aliphatic heterocycles. The maximum absolute atomic E-state index is 13.2. The van der Waals surface area contributed by atoms with E-state index in [2.05, 4.69) is 29.6 Å². The maximum Gasteiger partial charge on any atom is 0.242 e. The van der Waals surface area contributed by atoms with Crippen molar-refractivity contribution in [3.05, 3.63) is 83.9 Å². The number of fused-ring (bicyclic) bond motifs is 1. The maximum atomic E-state index is 13.2. The number of aryl methyl sites for hydroxylation is 1. The fourth-order valence-electron chi connectivity index (χ4n) is 3.66. The van der Waals surface area contributed by atoms with Crippen LogP contribution in [0.5, 0.6) is 0 Å². The van der Waals surface area contributed by atoms with Crippen molar-refractivity contribution < 1.29 is 9.59 Å². The summed E-state index contributed by atoms with van der Waals surface area (Å²) >= 11 is 0. The lowest BCUT2D eigenvalue weighted by Crippen LogP contribution is -2.49. The number of carbonyl (C=O) groups is 2. The molecule has 0 aromatic heterocycles. The molecule has 0 saturated carbocycles. The van der Waals surface area contributed by atoms with Gasteiger partial charge in [0, 0.05) is 19.0 Å². The number of benzene rings is 3. The van der Waals surface area contributed by atoms with Crippen molar-refractivity contribution >= 4 is 22.6 Å². The lowest BCUT2D eigenvalue weighted by molar-refractivity contribution is -0.140. The average Bonchev–Trinajstić information content (AvgIpc) is 2.75. The van der Waals surface area contributed by atoms with Gasteiger partial charge in [-0.15, -0.1) is 0 Å². The molecular formula is C26H30N2O2. The van der Waals surface area contributed by atoms with Crippen molar-refractivity contribution in [2.75, 3.05) is 0 Å². The minimum atomic E-state index is -0.535. The molecule has 0 aliphatic rings. The van der Waals surface area contributed by atoms with Gasteiger partial charge in [-0.2, -0.15) is 0 Å². The van der Waals surface area contributed by atoms with E-state index in [9.17, 15) is 9.59 Å². The third-order valence-corrected chi connectivity index (χ3v) is 5.28. The van der Waals surface area contributed by atoms with Gasteiger partial charge >= 0.3 is 0 Å². The lowest BCUT2D eigenvalue weighted by Gasteiger charge is -2.29. The van der Waals surface area contributed by atoms with E-state index < -0.39 is 6.04 Å². The second-order valence-electron chi connectivity index (χ2n) is 7.98. The van der Waals surface area contributed by atoms with Gasteiger partial charge in [0.05, 0.1) is 0 Å². The second kappa shape index (κ2) is 10.1. The van der Waals surface area contributed by atoms with Gasteiger partial charge in [-0.25, -0.2) is 0 Å². The van der Waals surface area contributed by atoms with E-state index in [1.165, 1.54) is 10.8 Å². The summed E-state index contributed by atoms with van der Waals surface area (Å²) in [5.41, 5.74) is 2.17. The predicted octanol–water partition coefficient (Wildman–Crippen LogP) is 4.71. The molecule has 3 aromatic carbocycles. The molecule has 0 saturated heterocycles. The molecule has 0 unspecified atom stereocenters. The van der Waals surface area contributed by atoms with Crippen molar-refractivity contribution in [2.24, 2.45) is 0 Å².